The van der Waals surface area contributed by atoms with E-state index in [0.717, 1.165) is 204 Å². The molecule has 11 aromatic heterocycles. The molecule has 0 amide bonds. The fourth-order valence-corrected chi connectivity index (χ4v) is 20.9. The Kier molecular flexibility index (Phi) is 14.5. The molecule has 0 radical (unpaired) electrons. The zero-order valence-electron chi connectivity index (χ0n) is 67.8. The van der Waals surface area contributed by atoms with Gasteiger partial charge in [-0.1, -0.05) is 231 Å². The van der Waals surface area contributed by atoms with E-state index in [-0.39, 0.29) is 0 Å². The van der Waals surface area contributed by atoms with E-state index in [1.54, 1.807) is 6.33 Å². The fourth-order valence-electron chi connectivity index (χ4n) is 20.9. The maximum Gasteiger partial charge on any atom is 0.238 e. The summed E-state index contributed by atoms with van der Waals surface area (Å²) < 4.78 is 18.4. The Morgan fingerprint density at radius 3 is 0.808 bits per heavy atom. The van der Waals surface area contributed by atoms with Crippen molar-refractivity contribution in [2.24, 2.45) is 0 Å². The molecule has 584 valence electrons. The highest BCUT2D eigenvalue weighted by Crippen LogP contribution is 2.45. The quantitative estimate of drug-likeness (QED) is 0.127. The Balaban J connectivity index is 0.593. The van der Waals surface area contributed by atoms with Gasteiger partial charge in [0.2, 0.25) is 11.9 Å². The summed E-state index contributed by atoms with van der Waals surface area (Å²) in [5, 5.41) is 18.3. The summed E-state index contributed by atoms with van der Waals surface area (Å²) in [4.78, 5) is 32.9. The van der Waals surface area contributed by atoms with E-state index < -0.39 is 0 Å². The van der Waals surface area contributed by atoms with E-state index in [1.807, 2.05) is 0 Å². The second kappa shape index (κ2) is 26.3. The van der Waals surface area contributed by atoms with E-state index in [2.05, 4.69) is 420 Å². The lowest BCUT2D eigenvalue weighted by atomic mass is 9.96. The third-order valence-electron chi connectivity index (χ3n) is 26.2. The first-order chi connectivity index (χ1) is 61.8. The minimum Gasteiger partial charge on any atom is -0.294 e. The van der Waals surface area contributed by atoms with Crippen molar-refractivity contribution in [3.63, 3.8) is 0 Å². The predicted molar refractivity (Wildman–Crippen MR) is 512 cm³/mol. The Hall–Kier alpha value is -16.8. The Morgan fingerprint density at radius 2 is 0.448 bits per heavy atom. The van der Waals surface area contributed by atoms with E-state index >= 15 is 0 Å². The molecule has 0 spiro atoms. The largest absolute Gasteiger partial charge is 0.294 e. The summed E-state index contributed by atoms with van der Waals surface area (Å²) in [6.45, 7) is 4.40. The van der Waals surface area contributed by atoms with Crippen LogP contribution in [0.2, 0.25) is 0 Å². The maximum atomic E-state index is 5.79. The van der Waals surface area contributed by atoms with Crippen LogP contribution in [0.4, 0.5) is 0 Å². The van der Waals surface area contributed by atoms with E-state index in [4.69, 9.17) is 29.9 Å². The van der Waals surface area contributed by atoms with Gasteiger partial charge in [0.15, 0.2) is 0 Å². The highest BCUT2D eigenvalue weighted by Gasteiger charge is 2.28. The normalized spacial score (nSPS) is 12.3. The molecule has 0 atom stereocenters. The molecule has 27 rings (SSSR count). The molecule has 0 saturated carbocycles. The fraction of sp³-hybridized carbons (Fsp3) is 0.0270. The number of para-hydroxylation sites is 11. The molecule has 0 saturated heterocycles. The van der Waals surface area contributed by atoms with Gasteiger partial charge in [-0.05, 0) is 175 Å². The molecule has 0 fully saturated rings. The summed E-state index contributed by atoms with van der Waals surface area (Å²) in [5.74, 6) is 5.77. The molecule has 0 bridgehead atoms. The summed E-state index contributed by atoms with van der Waals surface area (Å²) in [5.41, 5.74) is 23.8. The molecule has 27 aromatic rings. The molecule has 0 aliphatic carbocycles. The standard InChI is InChI=1S/C111H70N14/c1-66-47-51-82-77-31-5-16-38-90(77)123(102(82)55-66)109-64-108(116-111(117-109)125-97-45-23-8-29-75(97)76-30-9-24-46-98(76)125)120-92-40-18-11-33-79(92)85-59-69(49-53-100(85)120)57-68-48-52-99-84(58-68)78-32-10-17-39-91(78)119(99)106-63-107(115-110(114-106)124-95-43-21-6-27-73(95)74-28-7-22-44-96(74)124)121-93-41-19-12-34-80(93)86-60-70(50-54-101(86)121)83-61-87-81-35-13-20-42-94(81)122(103(87)56-67(83)2)105-62-104(112-65-113-105)118-88-36-14-3-25-71(88)72-26-4-15-37-89(72)118/h3-56,58-65H,57H2,1-2H3. The summed E-state index contributed by atoms with van der Waals surface area (Å²) in [6, 6.07) is 134. The van der Waals surface area contributed by atoms with Crippen molar-refractivity contribution < 1.29 is 0 Å². The third kappa shape index (κ3) is 10.1. The molecule has 0 aliphatic heterocycles. The highest BCUT2D eigenvalue weighted by atomic mass is 15.3. The van der Waals surface area contributed by atoms with Gasteiger partial charge < -0.3 is 0 Å². The molecular weight excluding hydrogens is 1530 g/mol. The van der Waals surface area contributed by atoms with Gasteiger partial charge in [0.05, 0.1) is 88.3 Å². The number of fused-ring (bicyclic) bond motifs is 24. The molecule has 11 heterocycles. The van der Waals surface area contributed by atoms with Gasteiger partial charge in [-0.25, -0.2) is 9.97 Å². The Morgan fingerprint density at radius 1 is 0.192 bits per heavy atom. The second-order valence-corrected chi connectivity index (χ2v) is 33.2. The number of hydrogen-bond acceptors (Lipinski definition) is 6. The Labute approximate surface area is 713 Å². The lowest BCUT2D eigenvalue weighted by molar-refractivity contribution is 0.918. The second-order valence-electron chi connectivity index (χ2n) is 33.2. The van der Waals surface area contributed by atoms with Crippen LogP contribution < -0.4 is 0 Å². The maximum absolute atomic E-state index is 5.79. The van der Waals surface area contributed by atoms with Crippen molar-refractivity contribution in [2.75, 3.05) is 0 Å². The molecule has 14 nitrogen and oxygen atoms in total. The lowest BCUT2D eigenvalue weighted by Gasteiger charge is -2.15. The first-order valence-electron chi connectivity index (χ1n) is 42.5. The minimum absolute atomic E-state index is 0.562. The van der Waals surface area contributed by atoms with Gasteiger partial charge in [-0.2, -0.15) is 19.9 Å². The van der Waals surface area contributed by atoms with Crippen molar-refractivity contribution in [2.45, 2.75) is 20.3 Å². The van der Waals surface area contributed by atoms with Crippen LogP contribution >= 0.6 is 0 Å². The van der Waals surface area contributed by atoms with Gasteiger partial charge in [-0.3, -0.25) is 36.5 Å². The molecule has 14 heteroatoms. The van der Waals surface area contributed by atoms with Crippen LogP contribution in [0.3, 0.4) is 0 Å². The zero-order chi connectivity index (χ0) is 82.0. The molecule has 125 heavy (non-hydrogen) atoms. The highest BCUT2D eigenvalue weighted by molar-refractivity contribution is 6.17. The van der Waals surface area contributed by atoms with Crippen molar-refractivity contribution in [1.29, 1.82) is 0 Å². The molecule has 0 aliphatic rings. The van der Waals surface area contributed by atoms with Crippen LogP contribution in [-0.4, -0.2) is 66.4 Å². The van der Waals surface area contributed by atoms with Crippen LogP contribution in [0.5, 0.6) is 0 Å². The van der Waals surface area contributed by atoms with Crippen molar-refractivity contribution in [3.05, 3.63) is 399 Å². The smallest absolute Gasteiger partial charge is 0.238 e. The van der Waals surface area contributed by atoms with Crippen molar-refractivity contribution in [1.82, 2.24) is 66.4 Å². The number of aryl methyl sites for hydroxylation is 2. The third-order valence-corrected chi connectivity index (χ3v) is 26.2. The SMILES string of the molecule is Cc1ccc2c3ccccc3n(-c3cc(-n4c5ccccc5c5cc(Cc6ccc7c(c6)c6ccccc6n7-c6cc(-n7c8ccccc8c8cc(-c9cc%10c%11ccccc%11n(-c%11cc(-n%12c%13ccccc%13c%13ccccc%13%12)ncn%11)c%10cc9C)ccc87)nc(-n7c8ccccc8c8ccccc87)n6)ccc54)nc(-n4c5ccccc5c5ccccc54)n3)c2c1. The van der Waals surface area contributed by atoms with E-state index in [1.165, 1.54) is 38.2 Å². The average molecular weight is 1600 g/mol. The van der Waals surface area contributed by atoms with Crippen LogP contribution in [-0.2, 0) is 6.42 Å². The molecule has 16 aromatic carbocycles. The number of rotatable bonds is 11. The van der Waals surface area contributed by atoms with E-state index in [9.17, 15) is 0 Å². The molecule has 0 unspecified atom stereocenters. The van der Waals surface area contributed by atoms with E-state index in [0.29, 0.717) is 18.3 Å². The number of aromatic nitrogens is 14. The summed E-state index contributed by atoms with van der Waals surface area (Å²) in [6.07, 6.45) is 2.39. The van der Waals surface area contributed by atoms with Gasteiger partial charge in [0.25, 0.3) is 0 Å². The summed E-state index contributed by atoms with van der Waals surface area (Å²) in [7, 11) is 0. The molecular formula is C111H70N14. The monoisotopic (exact) mass is 1600 g/mol. The van der Waals surface area contributed by atoms with Crippen LogP contribution in [0.15, 0.2) is 376 Å². The van der Waals surface area contributed by atoms with Crippen LogP contribution in [0, 0.1) is 13.8 Å². The average Bonchev–Trinajstić information content (AvgIpc) is 1.55. The van der Waals surface area contributed by atoms with Crippen molar-refractivity contribution >= 4 is 174 Å². The summed E-state index contributed by atoms with van der Waals surface area (Å²) >= 11 is 0. The zero-order valence-corrected chi connectivity index (χ0v) is 67.8. The van der Waals surface area contributed by atoms with Crippen LogP contribution in [0.25, 0.3) is 232 Å². The minimum atomic E-state index is 0.562. The number of hydrogen-bond donors (Lipinski definition) is 0. The van der Waals surface area contributed by atoms with Gasteiger partial charge in [-0.15, -0.1) is 0 Å². The predicted octanol–water partition coefficient (Wildman–Crippen LogP) is 26.7. The van der Waals surface area contributed by atoms with Crippen molar-refractivity contribution in [3.8, 4) is 57.9 Å². The number of nitrogens with zero attached hydrogens (tertiary/aromatic N) is 14. The number of benzene rings is 16. The van der Waals surface area contributed by atoms with Gasteiger partial charge in [0.1, 0.15) is 41.2 Å². The van der Waals surface area contributed by atoms with Gasteiger partial charge in [0, 0.05) is 104 Å². The van der Waals surface area contributed by atoms with Crippen LogP contribution in [0.1, 0.15) is 22.3 Å². The Bertz CT molecular complexity index is 9190. The lowest BCUT2D eigenvalue weighted by Crippen LogP contribution is -2.10. The topological polar surface area (TPSA) is 117 Å². The first-order valence-corrected chi connectivity index (χ1v) is 42.5. The molecule has 0 N–H and O–H groups in total. The van der Waals surface area contributed by atoms with Gasteiger partial charge >= 0.3 is 0 Å². The first kappa shape index (κ1) is 69.0.